The molecule has 4 rings (SSSR count). The molecule has 1 aliphatic heterocycles. The number of aromatic nitrogens is 3. The summed E-state index contributed by atoms with van der Waals surface area (Å²) in [6, 6.07) is 8.49. The molecule has 0 aliphatic carbocycles. The van der Waals surface area contributed by atoms with Crippen molar-refractivity contribution in [1.82, 2.24) is 20.3 Å². The van der Waals surface area contributed by atoms with Gasteiger partial charge in [-0.25, -0.2) is 4.98 Å². The summed E-state index contributed by atoms with van der Waals surface area (Å²) in [4.78, 5) is 26.3. The smallest absolute Gasteiger partial charge is 0.220 e. The molecule has 0 unspecified atom stereocenters. The monoisotopic (exact) mass is 365 g/mol. The van der Waals surface area contributed by atoms with E-state index in [-0.39, 0.29) is 5.91 Å². The molecule has 140 valence electrons. The zero-order valence-corrected chi connectivity index (χ0v) is 15.4. The summed E-state index contributed by atoms with van der Waals surface area (Å²) < 4.78 is 5.43. The molecular formula is C20H23N5O2. The number of fused-ring (bicyclic) bond motifs is 1. The molecule has 1 amide bonds. The fraction of sp³-hybridized carbons (Fsp3) is 0.350. The Hall–Kier alpha value is -2.93. The number of aryl methyl sites for hydroxylation is 1. The summed E-state index contributed by atoms with van der Waals surface area (Å²) in [5.74, 6) is 0.0156. The Morgan fingerprint density at radius 3 is 2.67 bits per heavy atom. The molecule has 0 saturated carbocycles. The van der Waals surface area contributed by atoms with Gasteiger partial charge in [-0.3, -0.25) is 9.78 Å². The number of nitrogens with zero attached hydrogens (tertiary/aromatic N) is 3. The molecule has 2 aromatic heterocycles. The predicted molar refractivity (Wildman–Crippen MR) is 105 cm³/mol. The van der Waals surface area contributed by atoms with E-state index in [2.05, 4.69) is 49.4 Å². The van der Waals surface area contributed by atoms with Crippen LogP contribution in [0.5, 0.6) is 0 Å². The average Bonchev–Trinajstić information content (AvgIpc) is 3.11. The number of carbonyl (C=O) groups is 1. The normalized spacial score (nSPS) is 14.5. The fourth-order valence-corrected chi connectivity index (χ4v) is 3.48. The topological polar surface area (TPSA) is 83.1 Å². The Kier molecular flexibility index (Phi) is 5.02. The number of hydrogen-bond donors (Lipinski definition) is 2. The molecule has 3 aromatic rings. The number of aromatic amines is 1. The number of benzene rings is 1. The number of anilines is 1. The van der Waals surface area contributed by atoms with Crippen LogP contribution in [0, 0.1) is 0 Å². The Balaban J connectivity index is 1.66. The second-order valence-corrected chi connectivity index (χ2v) is 6.55. The lowest BCUT2D eigenvalue weighted by Gasteiger charge is -2.28. The number of hydrogen-bond acceptors (Lipinski definition) is 5. The number of rotatable bonds is 5. The van der Waals surface area contributed by atoms with Gasteiger partial charge in [0.1, 0.15) is 5.52 Å². The number of morpholine rings is 1. The van der Waals surface area contributed by atoms with E-state index in [0.717, 1.165) is 54.3 Å². The first-order chi connectivity index (χ1) is 13.3. The van der Waals surface area contributed by atoms with Gasteiger partial charge in [0, 0.05) is 50.2 Å². The summed E-state index contributed by atoms with van der Waals surface area (Å²) in [6.07, 6.45) is 4.38. The standard InChI is InChI=1S/C20H23N5O2/c1-21-17(26)7-6-16-18(24-20-19(16)22-8-9-23-20)14-2-4-15(5-3-14)25-10-12-27-13-11-25/h2-5,8-9H,6-7,10-13H2,1H3,(H,21,26)(H,23,24). The third-order valence-corrected chi connectivity index (χ3v) is 4.94. The van der Waals surface area contributed by atoms with Gasteiger partial charge < -0.3 is 19.9 Å². The van der Waals surface area contributed by atoms with Crippen molar-refractivity contribution in [1.29, 1.82) is 0 Å². The largest absolute Gasteiger partial charge is 0.378 e. The van der Waals surface area contributed by atoms with E-state index in [1.165, 1.54) is 5.69 Å². The lowest BCUT2D eigenvalue weighted by molar-refractivity contribution is -0.120. The maximum Gasteiger partial charge on any atom is 0.220 e. The highest BCUT2D eigenvalue weighted by Crippen LogP contribution is 2.30. The van der Waals surface area contributed by atoms with E-state index in [0.29, 0.717) is 12.8 Å². The van der Waals surface area contributed by atoms with Crippen molar-refractivity contribution < 1.29 is 9.53 Å². The summed E-state index contributed by atoms with van der Waals surface area (Å²) >= 11 is 0. The highest BCUT2D eigenvalue weighted by molar-refractivity contribution is 5.86. The van der Waals surface area contributed by atoms with Crippen LogP contribution in [0.15, 0.2) is 36.7 Å². The van der Waals surface area contributed by atoms with Gasteiger partial charge in [0.2, 0.25) is 5.91 Å². The Morgan fingerprint density at radius 1 is 1.19 bits per heavy atom. The lowest BCUT2D eigenvalue weighted by atomic mass is 10.0. The highest BCUT2D eigenvalue weighted by atomic mass is 16.5. The molecule has 2 N–H and O–H groups in total. The lowest BCUT2D eigenvalue weighted by Crippen LogP contribution is -2.36. The molecule has 27 heavy (non-hydrogen) atoms. The van der Waals surface area contributed by atoms with Gasteiger partial charge in [0.15, 0.2) is 5.65 Å². The molecule has 0 bridgehead atoms. The third-order valence-electron chi connectivity index (χ3n) is 4.94. The van der Waals surface area contributed by atoms with E-state index in [4.69, 9.17) is 4.74 Å². The summed E-state index contributed by atoms with van der Waals surface area (Å²) in [5.41, 5.74) is 5.85. The Morgan fingerprint density at radius 2 is 1.93 bits per heavy atom. The van der Waals surface area contributed by atoms with Crippen molar-refractivity contribution in [2.24, 2.45) is 0 Å². The first kappa shape index (κ1) is 17.5. The van der Waals surface area contributed by atoms with Crippen LogP contribution in [0.1, 0.15) is 12.0 Å². The Bertz CT molecular complexity index is 929. The van der Waals surface area contributed by atoms with Crippen molar-refractivity contribution >= 4 is 22.8 Å². The van der Waals surface area contributed by atoms with Crippen LogP contribution in [0.3, 0.4) is 0 Å². The van der Waals surface area contributed by atoms with Crippen LogP contribution in [-0.2, 0) is 16.0 Å². The van der Waals surface area contributed by atoms with Gasteiger partial charge in [-0.05, 0) is 24.1 Å². The maximum absolute atomic E-state index is 11.7. The quantitative estimate of drug-likeness (QED) is 0.724. The van der Waals surface area contributed by atoms with Gasteiger partial charge in [-0.1, -0.05) is 12.1 Å². The number of H-pyrrole nitrogens is 1. The van der Waals surface area contributed by atoms with Crippen LogP contribution in [0.2, 0.25) is 0 Å². The Labute approximate surface area is 157 Å². The molecule has 7 heteroatoms. The van der Waals surface area contributed by atoms with Crippen molar-refractivity contribution in [3.63, 3.8) is 0 Å². The molecule has 0 spiro atoms. The van der Waals surface area contributed by atoms with Crippen LogP contribution in [0.25, 0.3) is 22.4 Å². The van der Waals surface area contributed by atoms with Crippen LogP contribution in [0.4, 0.5) is 5.69 Å². The molecule has 0 radical (unpaired) electrons. The van der Waals surface area contributed by atoms with Gasteiger partial charge >= 0.3 is 0 Å². The van der Waals surface area contributed by atoms with E-state index >= 15 is 0 Å². The molecule has 1 aliphatic rings. The zero-order valence-electron chi connectivity index (χ0n) is 15.4. The van der Waals surface area contributed by atoms with Crippen LogP contribution < -0.4 is 10.2 Å². The minimum atomic E-state index is 0.0156. The van der Waals surface area contributed by atoms with E-state index in [1.54, 1.807) is 19.4 Å². The zero-order chi connectivity index (χ0) is 18.6. The van der Waals surface area contributed by atoms with Gasteiger partial charge in [0.05, 0.1) is 18.9 Å². The van der Waals surface area contributed by atoms with Crippen molar-refractivity contribution in [3.8, 4) is 11.3 Å². The summed E-state index contributed by atoms with van der Waals surface area (Å²) in [7, 11) is 1.66. The van der Waals surface area contributed by atoms with Gasteiger partial charge in [0.25, 0.3) is 0 Å². The number of nitrogens with one attached hydrogen (secondary N) is 2. The molecule has 1 fully saturated rings. The van der Waals surface area contributed by atoms with Gasteiger partial charge in [-0.2, -0.15) is 0 Å². The highest BCUT2D eigenvalue weighted by Gasteiger charge is 2.17. The minimum absolute atomic E-state index is 0.0156. The first-order valence-corrected chi connectivity index (χ1v) is 9.21. The third kappa shape index (κ3) is 3.64. The molecule has 3 heterocycles. The molecule has 0 atom stereocenters. The van der Waals surface area contributed by atoms with E-state index < -0.39 is 0 Å². The van der Waals surface area contributed by atoms with Crippen molar-refractivity contribution in [2.45, 2.75) is 12.8 Å². The van der Waals surface area contributed by atoms with Crippen LogP contribution in [-0.4, -0.2) is 54.2 Å². The van der Waals surface area contributed by atoms with Gasteiger partial charge in [-0.15, -0.1) is 0 Å². The SMILES string of the molecule is CNC(=O)CCc1c(-c2ccc(N3CCOCC3)cc2)[nH]c2nccnc12. The molecule has 7 nitrogen and oxygen atoms in total. The second-order valence-electron chi connectivity index (χ2n) is 6.55. The average molecular weight is 365 g/mol. The maximum atomic E-state index is 11.7. The molecule has 1 aromatic carbocycles. The van der Waals surface area contributed by atoms with Crippen molar-refractivity contribution in [2.75, 3.05) is 38.3 Å². The number of amides is 1. The summed E-state index contributed by atoms with van der Waals surface area (Å²) in [6.45, 7) is 3.36. The molecular weight excluding hydrogens is 342 g/mol. The molecule has 1 saturated heterocycles. The van der Waals surface area contributed by atoms with E-state index in [9.17, 15) is 4.79 Å². The van der Waals surface area contributed by atoms with E-state index in [1.807, 2.05) is 0 Å². The van der Waals surface area contributed by atoms with Crippen LogP contribution >= 0.6 is 0 Å². The number of ether oxygens (including phenoxy) is 1. The fourth-order valence-electron chi connectivity index (χ4n) is 3.48. The summed E-state index contributed by atoms with van der Waals surface area (Å²) in [5, 5.41) is 2.68. The second kappa shape index (κ2) is 7.75. The number of carbonyl (C=O) groups excluding carboxylic acids is 1. The minimum Gasteiger partial charge on any atom is -0.378 e. The van der Waals surface area contributed by atoms with Crippen molar-refractivity contribution in [3.05, 3.63) is 42.2 Å². The predicted octanol–water partition coefficient (Wildman–Crippen LogP) is 2.14. The first-order valence-electron chi connectivity index (χ1n) is 9.21.